The van der Waals surface area contributed by atoms with Gasteiger partial charge in [-0.2, -0.15) is 0 Å². The maximum Gasteiger partial charge on any atom is 0.303 e. The van der Waals surface area contributed by atoms with Gasteiger partial charge in [-0.3, -0.25) is 9.69 Å². The highest BCUT2D eigenvalue weighted by molar-refractivity contribution is 5.66. The molecule has 2 N–H and O–H groups in total. The predicted molar refractivity (Wildman–Crippen MR) is 71.9 cm³/mol. The summed E-state index contributed by atoms with van der Waals surface area (Å²) in [5.74, 6) is 0.212. The van der Waals surface area contributed by atoms with Crippen molar-refractivity contribution in [3.05, 3.63) is 24.2 Å². The molecule has 0 aliphatic carbocycles. The lowest BCUT2D eigenvalue weighted by molar-refractivity contribution is -0.137. The number of carboxylic acids is 1. The quantitative estimate of drug-likeness (QED) is 0.849. The minimum Gasteiger partial charge on any atom is -0.481 e. The van der Waals surface area contributed by atoms with Gasteiger partial charge in [-0.25, -0.2) is 0 Å². The number of nitrogens with zero attached hydrogens (tertiary/aromatic N) is 1. The molecule has 5 nitrogen and oxygen atoms in total. The Balaban J connectivity index is 2.03. The van der Waals surface area contributed by atoms with Crippen molar-refractivity contribution in [1.82, 2.24) is 10.2 Å². The summed E-state index contributed by atoms with van der Waals surface area (Å²) in [5, 5.41) is 12.3. The van der Waals surface area contributed by atoms with Gasteiger partial charge in [0.2, 0.25) is 0 Å². The first kappa shape index (κ1) is 14.1. The summed E-state index contributed by atoms with van der Waals surface area (Å²) >= 11 is 0. The SMILES string of the molecule is CC1CCNCC(CCC(=O)O)N1Cc1ccco1. The van der Waals surface area contributed by atoms with Crippen molar-refractivity contribution in [2.45, 2.75) is 44.8 Å². The van der Waals surface area contributed by atoms with E-state index in [2.05, 4.69) is 17.1 Å². The minimum absolute atomic E-state index is 0.216. The van der Waals surface area contributed by atoms with E-state index in [1.807, 2.05) is 12.1 Å². The Morgan fingerprint density at radius 2 is 2.47 bits per heavy atom. The van der Waals surface area contributed by atoms with Crippen molar-refractivity contribution in [2.24, 2.45) is 0 Å². The van der Waals surface area contributed by atoms with Crippen LogP contribution in [0.2, 0.25) is 0 Å². The molecule has 0 saturated carbocycles. The smallest absolute Gasteiger partial charge is 0.303 e. The zero-order valence-electron chi connectivity index (χ0n) is 11.3. The van der Waals surface area contributed by atoms with Crippen LogP contribution in [0.15, 0.2) is 22.8 Å². The second kappa shape index (κ2) is 6.73. The lowest BCUT2D eigenvalue weighted by Gasteiger charge is -2.33. The number of hydrogen-bond acceptors (Lipinski definition) is 4. The van der Waals surface area contributed by atoms with Gasteiger partial charge in [0.1, 0.15) is 5.76 Å². The zero-order valence-corrected chi connectivity index (χ0v) is 11.3. The highest BCUT2D eigenvalue weighted by atomic mass is 16.4. The molecule has 2 heterocycles. The van der Waals surface area contributed by atoms with E-state index in [-0.39, 0.29) is 12.5 Å². The van der Waals surface area contributed by atoms with Gasteiger partial charge in [0.25, 0.3) is 0 Å². The number of hydrogen-bond donors (Lipinski definition) is 2. The van der Waals surface area contributed by atoms with Crippen LogP contribution in [-0.2, 0) is 11.3 Å². The van der Waals surface area contributed by atoms with E-state index in [0.29, 0.717) is 12.5 Å². The van der Waals surface area contributed by atoms with Crippen molar-refractivity contribution >= 4 is 5.97 Å². The average Bonchev–Trinajstić information content (AvgIpc) is 2.81. The van der Waals surface area contributed by atoms with E-state index in [0.717, 1.165) is 31.8 Å². The zero-order chi connectivity index (χ0) is 13.7. The van der Waals surface area contributed by atoms with Crippen molar-refractivity contribution in [2.75, 3.05) is 13.1 Å². The van der Waals surface area contributed by atoms with E-state index in [1.165, 1.54) is 0 Å². The van der Waals surface area contributed by atoms with Crippen LogP contribution < -0.4 is 5.32 Å². The van der Waals surface area contributed by atoms with Crippen LogP contribution in [-0.4, -0.2) is 41.1 Å². The van der Waals surface area contributed by atoms with Gasteiger partial charge in [-0.1, -0.05) is 0 Å². The largest absolute Gasteiger partial charge is 0.481 e. The third-order valence-corrected chi connectivity index (χ3v) is 3.76. The Morgan fingerprint density at radius 1 is 1.63 bits per heavy atom. The van der Waals surface area contributed by atoms with Crippen molar-refractivity contribution in [3.8, 4) is 0 Å². The number of carboxylic acid groups (broad SMARTS) is 1. The summed E-state index contributed by atoms with van der Waals surface area (Å²) in [7, 11) is 0. The van der Waals surface area contributed by atoms with Crippen LogP contribution in [0.5, 0.6) is 0 Å². The van der Waals surface area contributed by atoms with Gasteiger partial charge < -0.3 is 14.8 Å². The van der Waals surface area contributed by atoms with E-state index < -0.39 is 5.97 Å². The van der Waals surface area contributed by atoms with Gasteiger partial charge in [0.15, 0.2) is 0 Å². The molecule has 0 bridgehead atoms. The molecule has 19 heavy (non-hydrogen) atoms. The topological polar surface area (TPSA) is 65.7 Å². The summed E-state index contributed by atoms with van der Waals surface area (Å²) in [5.41, 5.74) is 0. The number of rotatable bonds is 5. The lowest BCUT2D eigenvalue weighted by Crippen LogP contribution is -2.43. The molecule has 0 amide bonds. The molecule has 1 saturated heterocycles. The fraction of sp³-hybridized carbons (Fsp3) is 0.643. The Morgan fingerprint density at radius 3 is 3.16 bits per heavy atom. The fourth-order valence-electron chi connectivity index (χ4n) is 2.65. The van der Waals surface area contributed by atoms with E-state index in [1.54, 1.807) is 6.26 Å². The molecule has 1 aliphatic rings. The number of aliphatic carboxylic acids is 1. The summed E-state index contributed by atoms with van der Waals surface area (Å²) in [6.45, 7) is 4.78. The lowest BCUT2D eigenvalue weighted by atomic mass is 10.1. The molecule has 1 aliphatic heterocycles. The molecule has 2 unspecified atom stereocenters. The third kappa shape index (κ3) is 4.08. The molecule has 0 spiro atoms. The summed E-state index contributed by atoms with van der Waals surface area (Å²) in [6, 6.07) is 4.54. The molecular formula is C14H22N2O3. The van der Waals surface area contributed by atoms with E-state index in [9.17, 15) is 4.79 Å². The molecule has 106 valence electrons. The van der Waals surface area contributed by atoms with Gasteiger partial charge in [-0.15, -0.1) is 0 Å². The Kier molecular flexibility index (Phi) is 4.99. The van der Waals surface area contributed by atoms with Gasteiger partial charge >= 0.3 is 5.97 Å². The van der Waals surface area contributed by atoms with E-state index in [4.69, 9.17) is 9.52 Å². The summed E-state index contributed by atoms with van der Waals surface area (Å²) in [4.78, 5) is 13.1. The molecule has 0 radical (unpaired) electrons. The highest BCUT2D eigenvalue weighted by Gasteiger charge is 2.27. The van der Waals surface area contributed by atoms with Crippen LogP contribution in [0, 0.1) is 0 Å². The average molecular weight is 266 g/mol. The molecule has 2 rings (SSSR count). The maximum atomic E-state index is 10.8. The van der Waals surface area contributed by atoms with Crippen LogP contribution in [0.4, 0.5) is 0 Å². The number of carbonyl (C=O) groups is 1. The maximum absolute atomic E-state index is 10.8. The minimum atomic E-state index is -0.727. The highest BCUT2D eigenvalue weighted by Crippen LogP contribution is 2.19. The van der Waals surface area contributed by atoms with Crippen molar-refractivity contribution in [3.63, 3.8) is 0 Å². The van der Waals surface area contributed by atoms with Gasteiger partial charge in [0.05, 0.1) is 12.8 Å². The van der Waals surface area contributed by atoms with Gasteiger partial charge in [-0.05, 0) is 38.4 Å². The predicted octanol–water partition coefficient (Wildman–Crippen LogP) is 1.70. The van der Waals surface area contributed by atoms with Crippen LogP contribution in [0.1, 0.15) is 31.9 Å². The fourth-order valence-corrected chi connectivity index (χ4v) is 2.65. The van der Waals surface area contributed by atoms with Crippen molar-refractivity contribution < 1.29 is 14.3 Å². The first-order valence-electron chi connectivity index (χ1n) is 6.87. The van der Waals surface area contributed by atoms with Crippen LogP contribution in [0.25, 0.3) is 0 Å². The number of nitrogens with one attached hydrogen (secondary N) is 1. The molecule has 1 aromatic rings. The van der Waals surface area contributed by atoms with E-state index >= 15 is 0 Å². The monoisotopic (exact) mass is 266 g/mol. The van der Waals surface area contributed by atoms with Gasteiger partial charge in [0, 0.05) is 25.0 Å². The third-order valence-electron chi connectivity index (χ3n) is 3.76. The molecular weight excluding hydrogens is 244 g/mol. The second-order valence-corrected chi connectivity index (χ2v) is 5.18. The Labute approximate surface area is 113 Å². The van der Waals surface area contributed by atoms with Crippen LogP contribution in [0.3, 0.4) is 0 Å². The normalized spacial score (nSPS) is 25.1. The molecule has 2 atom stereocenters. The summed E-state index contributed by atoms with van der Waals surface area (Å²) < 4.78 is 5.42. The Hall–Kier alpha value is -1.33. The number of furan rings is 1. The van der Waals surface area contributed by atoms with Crippen molar-refractivity contribution in [1.29, 1.82) is 0 Å². The first-order chi connectivity index (χ1) is 9.16. The molecule has 0 aromatic carbocycles. The molecule has 5 heteroatoms. The molecule has 1 fully saturated rings. The standard InChI is InChI=1S/C14H22N2O3/c1-11-6-7-15-9-12(4-5-14(17)18)16(11)10-13-3-2-8-19-13/h2-3,8,11-12,15H,4-7,9-10H2,1H3,(H,17,18). The second-order valence-electron chi connectivity index (χ2n) is 5.18. The van der Waals surface area contributed by atoms with Crippen LogP contribution >= 0.6 is 0 Å². The first-order valence-corrected chi connectivity index (χ1v) is 6.87. The summed E-state index contributed by atoms with van der Waals surface area (Å²) in [6.07, 6.45) is 3.65. The Bertz CT molecular complexity index is 391. The molecule has 1 aromatic heterocycles.